The Morgan fingerprint density at radius 2 is 2.06 bits per heavy atom. The standard InChI is InChI=1S/C13H22N2O/c1-4-10(3)16-13(11(14)5-2)12-8-6-7-9-15-12/h6-11,13H,4-5,14H2,1-3H3. The Kier molecular flexibility index (Phi) is 5.43. The highest BCUT2D eigenvalue weighted by atomic mass is 16.5. The minimum absolute atomic E-state index is 0.00361. The number of ether oxygens (including phenoxy) is 1. The van der Waals surface area contributed by atoms with E-state index < -0.39 is 0 Å². The van der Waals surface area contributed by atoms with Crippen molar-refractivity contribution in [2.24, 2.45) is 5.73 Å². The van der Waals surface area contributed by atoms with Crippen LogP contribution in [0.25, 0.3) is 0 Å². The predicted octanol–water partition coefficient (Wildman–Crippen LogP) is 2.68. The van der Waals surface area contributed by atoms with Crippen molar-refractivity contribution < 1.29 is 4.74 Å². The molecule has 90 valence electrons. The van der Waals surface area contributed by atoms with Gasteiger partial charge in [-0.25, -0.2) is 0 Å². The molecule has 0 fully saturated rings. The Morgan fingerprint density at radius 1 is 1.31 bits per heavy atom. The number of hydrogen-bond donors (Lipinski definition) is 1. The van der Waals surface area contributed by atoms with Crippen LogP contribution in [0.3, 0.4) is 0 Å². The maximum atomic E-state index is 6.09. The quantitative estimate of drug-likeness (QED) is 0.805. The number of aromatic nitrogens is 1. The lowest BCUT2D eigenvalue weighted by atomic mass is 10.1. The lowest BCUT2D eigenvalue weighted by Gasteiger charge is -2.26. The molecule has 0 aliphatic rings. The van der Waals surface area contributed by atoms with Crippen molar-refractivity contribution in [1.82, 2.24) is 4.98 Å². The zero-order valence-electron chi connectivity index (χ0n) is 10.4. The van der Waals surface area contributed by atoms with Gasteiger partial charge in [-0.05, 0) is 31.9 Å². The number of nitrogens with two attached hydrogens (primary N) is 1. The maximum Gasteiger partial charge on any atom is 0.115 e. The summed E-state index contributed by atoms with van der Waals surface area (Å²) in [6, 6.07) is 5.85. The van der Waals surface area contributed by atoms with Gasteiger partial charge in [-0.3, -0.25) is 4.98 Å². The first kappa shape index (κ1) is 13.1. The Morgan fingerprint density at radius 3 is 2.56 bits per heavy atom. The van der Waals surface area contributed by atoms with Crippen LogP contribution in [-0.4, -0.2) is 17.1 Å². The van der Waals surface area contributed by atoms with Crippen LogP contribution in [0.15, 0.2) is 24.4 Å². The summed E-state index contributed by atoms with van der Waals surface area (Å²) in [6.45, 7) is 6.25. The molecule has 1 heterocycles. The van der Waals surface area contributed by atoms with Gasteiger partial charge in [-0.2, -0.15) is 0 Å². The summed E-state index contributed by atoms with van der Waals surface area (Å²) in [5.74, 6) is 0. The average molecular weight is 222 g/mol. The van der Waals surface area contributed by atoms with Crippen molar-refractivity contribution >= 4 is 0 Å². The summed E-state index contributed by atoms with van der Waals surface area (Å²) in [7, 11) is 0. The van der Waals surface area contributed by atoms with Crippen molar-refractivity contribution in [2.75, 3.05) is 0 Å². The fourth-order valence-corrected chi connectivity index (χ4v) is 1.49. The number of pyridine rings is 1. The number of hydrogen-bond acceptors (Lipinski definition) is 3. The lowest BCUT2D eigenvalue weighted by Crippen LogP contribution is -2.32. The molecule has 3 nitrogen and oxygen atoms in total. The van der Waals surface area contributed by atoms with E-state index in [1.54, 1.807) is 6.20 Å². The van der Waals surface area contributed by atoms with Crippen LogP contribution >= 0.6 is 0 Å². The van der Waals surface area contributed by atoms with Crippen LogP contribution in [0.5, 0.6) is 0 Å². The molecule has 3 atom stereocenters. The van der Waals surface area contributed by atoms with E-state index in [0.29, 0.717) is 0 Å². The van der Waals surface area contributed by atoms with Gasteiger partial charge in [0, 0.05) is 12.2 Å². The predicted molar refractivity (Wildman–Crippen MR) is 66.1 cm³/mol. The zero-order valence-corrected chi connectivity index (χ0v) is 10.4. The van der Waals surface area contributed by atoms with Crippen molar-refractivity contribution in [2.45, 2.75) is 51.9 Å². The minimum Gasteiger partial charge on any atom is -0.367 e. The molecule has 1 rings (SSSR count). The summed E-state index contributed by atoms with van der Waals surface area (Å²) < 4.78 is 5.95. The van der Waals surface area contributed by atoms with Crippen molar-refractivity contribution in [1.29, 1.82) is 0 Å². The third kappa shape index (κ3) is 3.58. The molecule has 0 bridgehead atoms. The Labute approximate surface area is 98.0 Å². The van der Waals surface area contributed by atoms with Gasteiger partial charge in [0.05, 0.1) is 11.8 Å². The van der Waals surface area contributed by atoms with Gasteiger partial charge in [-0.15, -0.1) is 0 Å². The first-order valence-corrected chi connectivity index (χ1v) is 6.01. The second kappa shape index (κ2) is 6.61. The summed E-state index contributed by atoms with van der Waals surface area (Å²) >= 11 is 0. The summed E-state index contributed by atoms with van der Waals surface area (Å²) in [5, 5.41) is 0. The van der Waals surface area contributed by atoms with E-state index in [9.17, 15) is 0 Å². The SMILES string of the molecule is CCC(C)OC(c1ccccn1)C(N)CC. The Balaban J connectivity index is 2.79. The maximum absolute atomic E-state index is 6.09. The molecule has 0 radical (unpaired) electrons. The molecule has 1 aromatic rings. The molecule has 0 amide bonds. The summed E-state index contributed by atoms with van der Waals surface area (Å²) in [6.07, 6.45) is 3.77. The van der Waals surface area contributed by atoms with E-state index in [2.05, 4.69) is 25.8 Å². The van der Waals surface area contributed by atoms with Crippen LogP contribution in [0.1, 0.15) is 45.4 Å². The molecular weight excluding hydrogens is 200 g/mol. The highest BCUT2D eigenvalue weighted by molar-refractivity contribution is 5.09. The molecule has 0 saturated carbocycles. The largest absolute Gasteiger partial charge is 0.367 e. The van der Waals surface area contributed by atoms with E-state index in [1.165, 1.54) is 0 Å². The number of rotatable bonds is 6. The van der Waals surface area contributed by atoms with Gasteiger partial charge >= 0.3 is 0 Å². The van der Waals surface area contributed by atoms with Gasteiger partial charge in [0.25, 0.3) is 0 Å². The Hall–Kier alpha value is -0.930. The van der Waals surface area contributed by atoms with Crippen LogP contribution in [0.4, 0.5) is 0 Å². The van der Waals surface area contributed by atoms with Gasteiger partial charge in [0.15, 0.2) is 0 Å². The van der Waals surface area contributed by atoms with E-state index in [0.717, 1.165) is 18.5 Å². The Bertz CT molecular complexity index is 289. The average Bonchev–Trinajstić information content (AvgIpc) is 2.35. The molecule has 3 heteroatoms. The summed E-state index contributed by atoms with van der Waals surface area (Å²) in [5.41, 5.74) is 7.02. The van der Waals surface area contributed by atoms with Gasteiger partial charge in [-0.1, -0.05) is 19.9 Å². The van der Waals surface area contributed by atoms with E-state index in [1.807, 2.05) is 18.2 Å². The van der Waals surface area contributed by atoms with Crippen LogP contribution in [-0.2, 0) is 4.74 Å². The normalized spacial score (nSPS) is 16.8. The molecular formula is C13H22N2O. The first-order chi connectivity index (χ1) is 7.69. The smallest absolute Gasteiger partial charge is 0.115 e. The minimum atomic E-state index is -0.0962. The molecule has 0 aliphatic heterocycles. The molecule has 0 aliphatic carbocycles. The fourth-order valence-electron chi connectivity index (χ4n) is 1.49. The highest BCUT2D eigenvalue weighted by Gasteiger charge is 2.22. The molecule has 0 spiro atoms. The van der Waals surface area contributed by atoms with Gasteiger partial charge in [0.1, 0.15) is 6.10 Å². The van der Waals surface area contributed by atoms with E-state index in [-0.39, 0.29) is 18.2 Å². The molecule has 0 saturated heterocycles. The molecule has 16 heavy (non-hydrogen) atoms. The summed E-state index contributed by atoms with van der Waals surface area (Å²) in [4.78, 5) is 4.33. The first-order valence-electron chi connectivity index (χ1n) is 6.01. The molecule has 1 aromatic heterocycles. The van der Waals surface area contributed by atoms with Crippen molar-refractivity contribution in [3.8, 4) is 0 Å². The lowest BCUT2D eigenvalue weighted by molar-refractivity contribution is -0.0220. The zero-order chi connectivity index (χ0) is 12.0. The molecule has 3 unspecified atom stereocenters. The fraction of sp³-hybridized carbons (Fsp3) is 0.615. The van der Waals surface area contributed by atoms with Crippen LogP contribution in [0.2, 0.25) is 0 Å². The van der Waals surface area contributed by atoms with E-state index >= 15 is 0 Å². The topological polar surface area (TPSA) is 48.1 Å². The second-order valence-corrected chi connectivity index (χ2v) is 4.10. The monoisotopic (exact) mass is 222 g/mol. The second-order valence-electron chi connectivity index (χ2n) is 4.10. The van der Waals surface area contributed by atoms with Crippen LogP contribution in [0, 0.1) is 0 Å². The highest BCUT2D eigenvalue weighted by Crippen LogP contribution is 2.22. The molecule has 0 aromatic carbocycles. The number of nitrogens with zero attached hydrogens (tertiary/aromatic N) is 1. The van der Waals surface area contributed by atoms with Gasteiger partial charge in [0.2, 0.25) is 0 Å². The third-order valence-electron chi connectivity index (χ3n) is 2.79. The van der Waals surface area contributed by atoms with Crippen molar-refractivity contribution in [3.05, 3.63) is 30.1 Å². The van der Waals surface area contributed by atoms with Crippen molar-refractivity contribution in [3.63, 3.8) is 0 Å². The van der Waals surface area contributed by atoms with E-state index in [4.69, 9.17) is 10.5 Å². The third-order valence-corrected chi connectivity index (χ3v) is 2.79. The van der Waals surface area contributed by atoms with Gasteiger partial charge < -0.3 is 10.5 Å². The van der Waals surface area contributed by atoms with Crippen LogP contribution < -0.4 is 5.73 Å². The molecule has 2 N–H and O–H groups in total.